The van der Waals surface area contributed by atoms with Crippen molar-refractivity contribution in [2.75, 3.05) is 6.54 Å². The van der Waals surface area contributed by atoms with E-state index in [1.165, 1.54) is 6.07 Å². The molecule has 4 aromatic rings. The molecule has 0 radical (unpaired) electrons. The molecular weight excluding hydrogens is 542 g/mol. The number of allylic oxidation sites excluding steroid dienone is 1. The molecule has 0 saturated carbocycles. The van der Waals surface area contributed by atoms with Crippen LogP contribution in [0, 0.1) is 0 Å². The second-order valence-corrected chi connectivity index (χ2v) is 11.0. The molecule has 37 heavy (non-hydrogen) atoms. The Bertz CT molecular complexity index is 1610. The second kappa shape index (κ2) is 10.2. The highest BCUT2D eigenvalue weighted by molar-refractivity contribution is 7.89. The fourth-order valence-electron chi connectivity index (χ4n) is 4.29. The summed E-state index contributed by atoms with van der Waals surface area (Å²) < 4.78 is 49.3. The first-order valence-electron chi connectivity index (χ1n) is 11.4. The lowest BCUT2D eigenvalue weighted by Crippen LogP contribution is -2.40. The second-order valence-electron chi connectivity index (χ2n) is 8.54. The van der Waals surface area contributed by atoms with Crippen molar-refractivity contribution in [1.29, 1.82) is 0 Å². The van der Waals surface area contributed by atoms with E-state index in [4.69, 9.17) is 27.6 Å². The number of nitrogens with one attached hydrogen (secondary N) is 2. The van der Waals surface area contributed by atoms with E-state index in [0.717, 1.165) is 24.0 Å². The molecule has 192 valence electrons. The van der Waals surface area contributed by atoms with Crippen molar-refractivity contribution in [3.8, 4) is 0 Å². The maximum atomic E-state index is 15.3. The smallest absolute Gasteiger partial charge is 0.329 e. The van der Waals surface area contributed by atoms with Gasteiger partial charge >= 0.3 is 6.03 Å². The topological polar surface area (TPSA) is 106 Å². The Kier molecular flexibility index (Phi) is 6.98. The summed E-state index contributed by atoms with van der Waals surface area (Å²) in [5, 5.41) is 7.84. The van der Waals surface area contributed by atoms with Crippen molar-refractivity contribution in [3.63, 3.8) is 0 Å². The lowest BCUT2D eigenvalue weighted by molar-refractivity contribution is 0.245. The number of fused-ring (bicyclic) bond motifs is 2. The zero-order valence-corrected chi connectivity index (χ0v) is 21.6. The molecule has 1 aliphatic carbocycles. The van der Waals surface area contributed by atoms with Crippen molar-refractivity contribution in [3.05, 3.63) is 87.4 Å². The molecule has 2 N–H and O–H groups in total. The number of halogens is 3. The number of rotatable bonds is 6. The highest BCUT2D eigenvalue weighted by atomic mass is 35.5. The van der Waals surface area contributed by atoms with E-state index in [0.29, 0.717) is 45.2 Å². The number of hydrogen-bond acceptors (Lipinski definition) is 5. The first-order valence-corrected chi connectivity index (χ1v) is 13.6. The van der Waals surface area contributed by atoms with Gasteiger partial charge in [-0.2, -0.15) is 13.5 Å². The summed E-state index contributed by atoms with van der Waals surface area (Å²) in [7, 11) is -4.29. The first kappa shape index (κ1) is 25.3. The van der Waals surface area contributed by atoms with E-state index in [1.807, 2.05) is 4.72 Å². The fraction of sp³-hybridized carbons (Fsp3) is 0.200. The first-order chi connectivity index (χ1) is 17.7. The number of aryl methyl sites for hydroxylation is 1. The van der Waals surface area contributed by atoms with Gasteiger partial charge in [-0.05, 0) is 48.6 Å². The van der Waals surface area contributed by atoms with Crippen molar-refractivity contribution in [1.82, 2.24) is 19.8 Å². The minimum Gasteiger partial charge on any atom is -0.443 e. The lowest BCUT2D eigenvalue weighted by atomic mass is 9.92. The quantitative estimate of drug-likeness (QED) is 0.314. The average Bonchev–Trinajstić information content (AvgIpc) is 3.49. The van der Waals surface area contributed by atoms with Gasteiger partial charge in [-0.25, -0.2) is 13.9 Å². The van der Waals surface area contributed by atoms with Crippen LogP contribution in [-0.2, 0) is 23.0 Å². The van der Waals surface area contributed by atoms with Gasteiger partial charge < -0.3 is 9.73 Å². The van der Waals surface area contributed by atoms with Gasteiger partial charge in [-0.15, -0.1) is 0 Å². The predicted octanol–water partition coefficient (Wildman–Crippen LogP) is 5.69. The summed E-state index contributed by atoms with van der Waals surface area (Å²) in [6.07, 6.45) is 3.60. The van der Waals surface area contributed by atoms with E-state index in [9.17, 15) is 13.2 Å². The van der Waals surface area contributed by atoms with Crippen molar-refractivity contribution >= 4 is 55.8 Å². The number of amides is 2. The van der Waals surface area contributed by atoms with Crippen molar-refractivity contribution < 1.29 is 22.0 Å². The number of carbonyl (C=O) groups is 1. The van der Waals surface area contributed by atoms with Gasteiger partial charge in [0.2, 0.25) is 5.09 Å². The van der Waals surface area contributed by atoms with Crippen LogP contribution >= 0.6 is 23.2 Å². The largest absolute Gasteiger partial charge is 0.443 e. The van der Waals surface area contributed by atoms with Gasteiger partial charge in [-0.3, -0.25) is 4.68 Å². The number of carbonyl (C=O) groups excluding carboxylic acids is 1. The molecule has 0 atom stereocenters. The fourth-order valence-corrected chi connectivity index (χ4v) is 5.66. The van der Waals surface area contributed by atoms with Gasteiger partial charge in [0.15, 0.2) is 0 Å². The molecule has 0 saturated heterocycles. The molecule has 12 heteroatoms. The summed E-state index contributed by atoms with van der Waals surface area (Å²) in [6, 6.07) is 12.1. The summed E-state index contributed by atoms with van der Waals surface area (Å²) >= 11 is 12.3. The Balaban J connectivity index is 1.31. The number of nitrogens with zero attached hydrogens (tertiary/aromatic N) is 2. The minimum atomic E-state index is -4.29. The number of urea groups is 1. The molecule has 2 heterocycles. The molecule has 0 spiro atoms. The van der Waals surface area contributed by atoms with Crippen LogP contribution in [0.3, 0.4) is 0 Å². The third kappa shape index (κ3) is 5.36. The standard InChI is InChI=1S/C25H21Cl2FN4O4S/c26-18-9-8-17(20(27)11-18)14-32-24-16(12-30-32)5-3-6-19(24)21(28)13-29-25(33)31-37(34,35)23-10-15-4-1-2-7-22(15)36-23/h1-2,4,7-12H,3,5-6,13-14H2,(H2,29,31,33). The highest BCUT2D eigenvalue weighted by Gasteiger charge is 2.25. The summed E-state index contributed by atoms with van der Waals surface area (Å²) in [5.41, 5.74) is 3.06. The van der Waals surface area contributed by atoms with E-state index >= 15 is 4.39 Å². The van der Waals surface area contributed by atoms with E-state index in [2.05, 4.69) is 10.4 Å². The van der Waals surface area contributed by atoms with Gasteiger partial charge in [-0.1, -0.05) is 47.5 Å². The minimum absolute atomic E-state index is 0.311. The molecule has 1 aliphatic rings. The molecule has 2 aromatic carbocycles. The number of para-hydroxylation sites is 1. The highest BCUT2D eigenvalue weighted by Crippen LogP contribution is 2.34. The molecule has 2 aromatic heterocycles. The molecule has 5 rings (SSSR count). The number of hydrogen-bond donors (Lipinski definition) is 2. The molecule has 0 aliphatic heterocycles. The summed E-state index contributed by atoms with van der Waals surface area (Å²) in [6.45, 7) is -0.186. The zero-order chi connectivity index (χ0) is 26.2. The van der Waals surface area contributed by atoms with Crippen LogP contribution in [0.4, 0.5) is 9.18 Å². The van der Waals surface area contributed by atoms with Crippen LogP contribution in [0.25, 0.3) is 16.5 Å². The molecular formula is C25H21Cl2FN4O4S. The van der Waals surface area contributed by atoms with Crippen LogP contribution in [0.1, 0.15) is 29.7 Å². The lowest BCUT2D eigenvalue weighted by Gasteiger charge is -2.19. The van der Waals surface area contributed by atoms with Gasteiger partial charge in [0, 0.05) is 27.1 Å². The maximum absolute atomic E-state index is 15.3. The molecule has 8 nitrogen and oxygen atoms in total. The van der Waals surface area contributed by atoms with Crippen LogP contribution < -0.4 is 10.0 Å². The molecule has 0 bridgehead atoms. The van der Waals surface area contributed by atoms with Crippen LogP contribution in [0.15, 0.2) is 70.1 Å². The number of sulfonamides is 1. The van der Waals surface area contributed by atoms with Gasteiger partial charge in [0.05, 0.1) is 25.0 Å². The van der Waals surface area contributed by atoms with Gasteiger partial charge in [0.1, 0.15) is 11.4 Å². The van der Waals surface area contributed by atoms with E-state index < -0.39 is 33.5 Å². The summed E-state index contributed by atoms with van der Waals surface area (Å²) in [4.78, 5) is 12.3. The zero-order valence-electron chi connectivity index (χ0n) is 19.3. The van der Waals surface area contributed by atoms with Crippen LogP contribution in [0.2, 0.25) is 10.0 Å². The third-order valence-corrected chi connectivity index (χ3v) is 7.81. The van der Waals surface area contributed by atoms with E-state index in [1.54, 1.807) is 53.3 Å². The third-order valence-electron chi connectivity index (χ3n) is 6.04. The SMILES string of the molecule is O=C(NCC(F)=C1CCCc2cnn(Cc3ccc(Cl)cc3Cl)c21)NS(=O)(=O)c1cc2ccccc2o1. The Hall–Kier alpha value is -3.34. The average molecular weight is 563 g/mol. The summed E-state index contributed by atoms with van der Waals surface area (Å²) in [5.74, 6) is -0.582. The Morgan fingerprint density at radius 2 is 1.95 bits per heavy atom. The Labute approximate surface area is 222 Å². The number of aromatic nitrogens is 2. The van der Waals surface area contributed by atoms with Crippen molar-refractivity contribution in [2.45, 2.75) is 30.9 Å². The monoisotopic (exact) mass is 562 g/mol. The molecule has 2 amide bonds. The maximum Gasteiger partial charge on any atom is 0.329 e. The molecule has 0 fully saturated rings. The Morgan fingerprint density at radius 1 is 1.14 bits per heavy atom. The van der Waals surface area contributed by atoms with Gasteiger partial charge in [0.25, 0.3) is 10.0 Å². The number of benzene rings is 2. The van der Waals surface area contributed by atoms with Crippen molar-refractivity contribution in [2.24, 2.45) is 0 Å². The Morgan fingerprint density at radius 3 is 2.73 bits per heavy atom. The van der Waals surface area contributed by atoms with Crippen LogP contribution in [-0.4, -0.2) is 30.8 Å². The van der Waals surface area contributed by atoms with Crippen LogP contribution in [0.5, 0.6) is 0 Å². The normalized spacial score (nSPS) is 14.9. The predicted molar refractivity (Wildman–Crippen MR) is 139 cm³/mol. The van der Waals surface area contributed by atoms with E-state index in [-0.39, 0.29) is 0 Å². The molecule has 0 unspecified atom stereocenters. The number of furan rings is 1.